The van der Waals surface area contributed by atoms with Gasteiger partial charge in [0.05, 0.1) is 11.4 Å². The normalized spacial score (nSPS) is 13.1. The maximum absolute atomic E-state index is 13.9. The van der Waals surface area contributed by atoms with Gasteiger partial charge >= 0.3 is 12.3 Å². The number of benzene rings is 2. The number of hydrogen-bond donors (Lipinski definition) is 2. The van der Waals surface area contributed by atoms with Gasteiger partial charge in [-0.3, -0.25) is 9.87 Å². The minimum Gasteiger partial charge on any atom is -0.444 e. The highest BCUT2D eigenvalue weighted by Crippen LogP contribution is 2.33. The van der Waals surface area contributed by atoms with Crippen LogP contribution in [0.4, 0.5) is 33.7 Å². The van der Waals surface area contributed by atoms with Crippen LogP contribution in [-0.4, -0.2) is 36.6 Å². The first-order valence-corrected chi connectivity index (χ1v) is 10.5. The lowest BCUT2D eigenvalue weighted by molar-refractivity contribution is -0.0580. The summed E-state index contributed by atoms with van der Waals surface area (Å²) in [7, 11) is -4.92. The second-order valence-corrected chi connectivity index (χ2v) is 9.11. The Hall–Kier alpha value is -2.99. The van der Waals surface area contributed by atoms with Crippen molar-refractivity contribution in [2.45, 2.75) is 44.4 Å². The molecule has 0 saturated carbocycles. The zero-order valence-corrected chi connectivity index (χ0v) is 18.2. The maximum atomic E-state index is 13.9. The molecule has 0 bridgehead atoms. The summed E-state index contributed by atoms with van der Waals surface area (Å²) in [4.78, 5) is 14.6. The van der Waals surface area contributed by atoms with Crippen molar-refractivity contribution in [2.24, 2.45) is 4.99 Å². The van der Waals surface area contributed by atoms with Gasteiger partial charge in [0.2, 0.25) is 0 Å². The number of aryl methyl sites for hydroxylation is 1. The first kappa shape index (κ1) is 25.3. The highest BCUT2D eigenvalue weighted by molar-refractivity contribution is 7.86. The molecule has 2 aromatic carbocycles. The lowest BCUT2D eigenvalue weighted by atomic mass is 10.1. The minimum absolute atomic E-state index is 0.351. The molecule has 0 saturated heterocycles. The van der Waals surface area contributed by atoms with Gasteiger partial charge in [0.1, 0.15) is 16.3 Å². The molecule has 0 aliphatic rings. The molecule has 2 rings (SSSR count). The van der Waals surface area contributed by atoms with E-state index in [1.807, 2.05) is 0 Å². The van der Waals surface area contributed by atoms with Gasteiger partial charge in [0.15, 0.2) is 5.71 Å². The van der Waals surface area contributed by atoms with E-state index in [1.165, 1.54) is 33.8 Å². The Bertz CT molecular complexity index is 1170. The lowest BCUT2D eigenvalue weighted by Gasteiger charge is -2.21. The van der Waals surface area contributed by atoms with Gasteiger partial charge in [-0.15, -0.1) is 0 Å². The van der Waals surface area contributed by atoms with Gasteiger partial charge in [-0.25, -0.2) is 14.2 Å². The lowest BCUT2D eigenvalue weighted by Crippen LogP contribution is -2.29. The molecule has 2 aromatic rings. The van der Waals surface area contributed by atoms with Crippen LogP contribution in [0.2, 0.25) is 0 Å². The highest BCUT2D eigenvalue weighted by Gasteiger charge is 2.39. The summed E-state index contributed by atoms with van der Waals surface area (Å²) >= 11 is 0. The molecule has 0 heterocycles. The van der Waals surface area contributed by atoms with Crippen molar-refractivity contribution in [2.75, 3.05) is 5.32 Å². The van der Waals surface area contributed by atoms with E-state index in [1.54, 1.807) is 0 Å². The summed E-state index contributed by atoms with van der Waals surface area (Å²) in [5.41, 5.74) is -4.37. The fraction of sp³-hybridized carbons (Fsp3) is 0.300. The maximum Gasteiger partial charge on any atom is 0.434 e. The fourth-order valence-electron chi connectivity index (χ4n) is 2.56. The average molecular weight is 476 g/mol. The molecular weight excluding hydrogens is 456 g/mol. The van der Waals surface area contributed by atoms with Gasteiger partial charge in [0.25, 0.3) is 10.1 Å². The van der Waals surface area contributed by atoms with Gasteiger partial charge in [0, 0.05) is 5.56 Å². The number of halogens is 4. The second-order valence-electron chi connectivity index (χ2n) is 7.72. The summed E-state index contributed by atoms with van der Waals surface area (Å²) in [6.45, 7) is 6.08. The number of amides is 1. The van der Waals surface area contributed by atoms with Crippen LogP contribution in [0.15, 0.2) is 46.3 Å². The number of aliphatic imine (C=N–C) groups is 1. The van der Waals surface area contributed by atoms with Crippen LogP contribution >= 0.6 is 0 Å². The molecule has 0 radical (unpaired) electrons. The molecule has 174 valence electrons. The molecule has 0 fully saturated rings. The third-order valence-corrected chi connectivity index (χ3v) is 4.67. The summed E-state index contributed by atoms with van der Waals surface area (Å²) in [6, 6.07) is 5.35. The van der Waals surface area contributed by atoms with Crippen LogP contribution < -0.4 is 5.32 Å². The van der Waals surface area contributed by atoms with E-state index < -0.39 is 61.4 Å². The smallest absolute Gasteiger partial charge is 0.434 e. The number of hydrogen-bond acceptors (Lipinski definition) is 5. The monoisotopic (exact) mass is 476 g/mol. The summed E-state index contributed by atoms with van der Waals surface area (Å²) in [6.07, 6.45) is -6.29. The summed E-state index contributed by atoms with van der Waals surface area (Å²) in [5.74, 6) is -1.06. The number of carbonyl (C=O) groups excluding carboxylic acids is 1. The number of nitrogens with one attached hydrogen (secondary N) is 1. The van der Waals surface area contributed by atoms with Gasteiger partial charge in [-0.05, 0) is 63.6 Å². The van der Waals surface area contributed by atoms with Crippen molar-refractivity contribution >= 4 is 33.3 Å². The van der Waals surface area contributed by atoms with Crippen molar-refractivity contribution in [3.63, 3.8) is 0 Å². The van der Waals surface area contributed by atoms with Gasteiger partial charge in [-0.1, -0.05) is 6.07 Å². The van der Waals surface area contributed by atoms with Crippen LogP contribution in [0.1, 0.15) is 31.9 Å². The predicted molar refractivity (Wildman–Crippen MR) is 110 cm³/mol. The Labute approximate surface area is 181 Å². The van der Waals surface area contributed by atoms with Crippen LogP contribution in [0, 0.1) is 12.7 Å². The Morgan fingerprint density at radius 3 is 2.25 bits per heavy atom. The zero-order valence-electron chi connectivity index (χ0n) is 17.4. The SMILES string of the molecule is Cc1ccc(S(=O)(=O)O)c(N=C(c2cc(F)ccc2NC(=O)OC(C)(C)C)C(F)(F)F)c1. The summed E-state index contributed by atoms with van der Waals surface area (Å²) < 4.78 is 93.2. The van der Waals surface area contributed by atoms with E-state index in [2.05, 4.69) is 10.3 Å². The average Bonchev–Trinajstić information content (AvgIpc) is 2.57. The third kappa shape index (κ3) is 6.76. The fourth-order valence-corrected chi connectivity index (χ4v) is 3.17. The van der Waals surface area contributed by atoms with Crippen molar-refractivity contribution in [3.8, 4) is 0 Å². The first-order valence-electron chi connectivity index (χ1n) is 9.01. The molecule has 0 aliphatic carbocycles. The first-order chi connectivity index (χ1) is 14.5. The predicted octanol–water partition coefficient (Wildman–Crippen LogP) is 5.41. The minimum atomic E-state index is -5.20. The van der Waals surface area contributed by atoms with E-state index >= 15 is 0 Å². The van der Waals surface area contributed by atoms with Crippen molar-refractivity contribution in [3.05, 3.63) is 53.3 Å². The number of nitrogens with zero attached hydrogens (tertiary/aromatic N) is 1. The van der Waals surface area contributed by atoms with Crippen LogP contribution in [-0.2, 0) is 14.9 Å². The molecular formula is C20H20F4N2O5S. The Morgan fingerprint density at radius 1 is 1.09 bits per heavy atom. The Kier molecular flexibility index (Phi) is 7.00. The number of carbonyl (C=O) groups is 1. The molecule has 32 heavy (non-hydrogen) atoms. The van der Waals surface area contributed by atoms with E-state index in [9.17, 15) is 35.3 Å². The standard InChI is InChI=1S/C20H20F4N2O5S/c1-11-5-8-16(32(28,29)30)15(9-11)25-17(20(22,23)24)13-10-12(21)6-7-14(13)26-18(27)31-19(2,3)4/h5-10H,1-4H3,(H,26,27)(H,28,29,30). The topological polar surface area (TPSA) is 105 Å². The van der Waals surface area contributed by atoms with Crippen molar-refractivity contribution in [1.29, 1.82) is 0 Å². The molecule has 0 atom stereocenters. The summed E-state index contributed by atoms with van der Waals surface area (Å²) in [5, 5.41) is 2.11. The van der Waals surface area contributed by atoms with Gasteiger partial charge < -0.3 is 4.74 Å². The molecule has 0 aliphatic heterocycles. The van der Waals surface area contributed by atoms with E-state index in [4.69, 9.17) is 4.74 Å². The van der Waals surface area contributed by atoms with Crippen molar-refractivity contribution in [1.82, 2.24) is 0 Å². The van der Waals surface area contributed by atoms with Crippen molar-refractivity contribution < 1.29 is 40.1 Å². The second kappa shape index (κ2) is 8.87. The quantitative estimate of drug-likeness (QED) is 0.349. The Balaban J connectivity index is 2.73. The Morgan fingerprint density at radius 2 is 1.72 bits per heavy atom. The molecule has 0 unspecified atom stereocenters. The van der Waals surface area contributed by atoms with Crippen LogP contribution in [0.3, 0.4) is 0 Å². The number of rotatable bonds is 4. The molecule has 1 amide bonds. The number of alkyl halides is 3. The highest BCUT2D eigenvalue weighted by atomic mass is 32.2. The van der Waals surface area contributed by atoms with Crippen LogP contribution in [0.5, 0.6) is 0 Å². The van der Waals surface area contributed by atoms with E-state index in [-0.39, 0.29) is 0 Å². The van der Waals surface area contributed by atoms with Crippen LogP contribution in [0.25, 0.3) is 0 Å². The van der Waals surface area contributed by atoms with Gasteiger partial charge in [-0.2, -0.15) is 21.6 Å². The molecule has 7 nitrogen and oxygen atoms in total. The molecule has 0 spiro atoms. The number of ether oxygens (including phenoxy) is 1. The molecule has 12 heteroatoms. The van der Waals surface area contributed by atoms with E-state index in [0.29, 0.717) is 11.6 Å². The van der Waals surface area contributed by atoms with E-state index in [0.717, 1.165) is 24.3 Å². The number of anilines is 1. The molecule has 2 N–H and O–H groups in total. The zero-order chi connectivity index (χ0) is 24.5. The largest absolute Gasteiger partial charge is 0.444 e. The third-order valence-electron chi connectivity index (χ3n) is 3.77. The molecule has 0 aromatic heterocycles.